The standard InChI is InChI=1S/C13H19N3O5S/c1-16(22(2,20)21)11-7-4-3-6-10(11)15-13(19)14-9-5-8-12(17)18/h3-4,6-7H,5,8-9H2,1-2H3,(H,17,18)(H2,14,15,19). The van der Waals surface area contributed by atoms with Crippen molar-refractivity contribution >= 4 is 33.4 Å². The highest BCUT2D eigenvalue weighted by atomic mass is 32.2. The van der Waals surface area contributed by atoms with Crippen LogP contribution >= 0.6 is 0 Å². The van der Waals surface area contributed by atoms with Gasteiger partial charge >= 0.3 is 12.0 Å². The molecule has 8 nitrogen and oxygen atoms in total. The number of carboxylic acids is 1. The molecule has 0 radical (unpaired) electrons. The predicted octanol–water partition coefficient (Wildman–Crippen LogP) is 1.07. The van der Waals surface area contributed by atoms with Crippen LogP contribution in [0.3, 0.4) is 0 Å². The average molecular weight is 329 g/mol. The number of carbonyl (C=O) groups excluding carboxylic acids is 1. The summed E-state index contributed by atoms with van der Waals surface area (Å²) in [5.74, 6) is -0.928. The molecule has 0 aromatic heterocycles. The average Bonchev–Trinajstić information content (AvgIpc) is 2.42. The lowest BCUT2D eigenvalue weighted by molar-refractivity contribution is -0.137. The van der Waals surface area contributed by atoms with Gasteiger partial charge < -0.3 is 15.7 Å². The van der Waals surface area contributed by atoms with Gasteiger partial charge in [-0.3, -0.25) is 9.10 Å². The van der Waals surface area contributed by atoms with Gasteiger partial charge in [0.1, 0.15) is 0 Å². The number of hydrogen-bond donors (Lipinski definition) is 3. The molecule has 1 aromatic rings. The molecular weight excluding hydrogens is 310 g/mol. The number of nitrogens with one attached hydrogen (secondary N) is 2. The van der Waals surface area contributed by atoms with Crippen LogP contribution in [-0.4, -0.2) is 45.4 Å². The summed E-state index contributed by atoms with van der Waals surface area (Å²) in [4.78, 5) is 22.1. The summed E-state index contributed by atoms with van der Waals surface area (Å²) in [6.07, 6.45) is 1.34. The SMILES string of the molecule is CN(c1ccccc1NC(=O)NCCCC(=O)O)S(C)(=O)=O. The van der Waals surface area contributed by atoms with Crippen LogP contribution in [0, 0.1) is 0 Å². The molecule has 122 valence electrons. The lowest BCUT2D eigenvalue weighted by Crippen LogP contribution is -2.31. The summed E-state index contributed by atoms with van der Waals surface area (Å²) in [7, 11) is -2.06. The minimum absolute atomic E-state index is 0.0340. The smallest absolute Gasteiger partial charge is 0.319 e. The molecule has 0 aliphatic rings. The molecule has 2 amide bonds. The van der Waals surface area contributed by atoms with Gasteiger partial charge in [-0.2, -0.15) is 0 Å². The van der Waals surface area contributed by atoms with Crippen molar-refractivity contribution in [3.05, 3.63) is 24.3 Å². The van der Waals surface area contributed by atoms with Crippen LogP contribution in [0.1, 0.15) is 12.8 Å². The van der Waals surface area contributed by atoms with Crippen molar-refractivity contribution in [2.45, 2.75) is 12.8 Å². The summed E-state index contributed by atoms with van der Waals surface area (Å²) in [6, 6.07) is 5.95. The van der Waals surface area contributed by atoms with E-state index < -0.39 is 22.0 Å². The lowest BCUT2D eigenvalue weighted by atomic mass is 10.2. The van der Waals surface area contributed by atoms with E-state index in [4.69, 9.17) is 5.11 Å². The van der Waals surface area contributed by atoms with Crippen molar-refractivity contribution in [3.63, 3.8) is 0 Å². The first-order chi connectivity index (χ1) is 10.2. The maximum Gasteiger partial charge on any atom is 0.319 e. The molecule has 0 atom stereocenters. The van der Waals surface area contributed by atoms with Crippen LogP contribution in [-0.2, 0) is 14.8 Å². The zero-order valence-corrected chi connectivity index (χ0v) is 13.2. The van der Waals surface area contributed by atoms with E-state index in [1.807, 2.05) is 0 Å². The Morgan fingerprint density at radius 1 is 1.27 bits per heavy atom. The van der Waals surface area contributed by atoms with Gasteiger partial charge in [0.2, 0.25) is 10.0 Å². The quantitative estimate of drug-likeness (QED) is 0.647. The molecule has 0 heterocycles. The predicted molar refractivity (Wildman–Crippen MR) is 83.6 cm³/mol. The monoisotopic (exact) mass is 329 g/mol. The highest BCUT2D eigenvalue weighted by molar-refractivity contribution is 7.92. The van der Waals surface area contributed by atoms with Gasteiger partial charge in [-0.25, -0.2) is 13.2 Å². The van der Waals surface area contributed by atoms with Gasteiger partial charge in [0.05, 0.1) is 17.6 Å². The summed E-state index contributed by atoms with van der Waals surface area (Å²) < 4.78 is 24.2. The summed E-state index contributed by atoms with van der Waals surface area (Å²) in [6.45, 7) is 0.211. The number of carbonyl (C=O) groups is 2. The summed E-state index contributed by atoms with van der Waals surface area (Å²) >= 11 is 0. The fourth-order valence-electron chi connectivity index (χ4n) is 1.64. The van der Waals surface area contributed by atoms with Crippen LogP contribution in [0.15, 0.2) is 24.3 Å². The van der Waals surface area contributed by atoms with Crippen LogP contribution < -0.4 is 14.9 Å². The minimum atomic E-state index is -3.45. The number of benzene rings is 1. The number of carboxylic acid groups (broad SMARTS) is 1. The molecule has 0 aliphatic carbocycles. The van der Waals surface area contributed by atoms with Crippen LogP contribution in [0.5, 0.6) is 0 Å². The third kappa shape index (κ3) is 5.60. The molecule has 0 saturated carbocycles. The molecule has 1 aromatic carbocycles. The number of anilines is 2. The number of amides is 2. The number of hydrogen-bond acceptors (Lipinski definition) is 4. The molecule has 22 heavy (non-hydrogen) atoms. The molecule has 0 fully saturated rings. The van der Waals surface area contributed by atoms with Crippen molar-refractivity contribution in [2.75, 3.05) is 29.5 Å². The number of sulfonamides is 1. The Hall–Kier alpha value is -2.29. The molecule has 0 unspecified atom stereocenters. The van der Waals surface area contributed by atoms with Crippen LogP contribution in [0.2, 0.25) is 0 Å². The van der Waals surface area contributed by atoms with E-state index in [1.165, 1.54) is 7.05 Å². The third-order valence-corrected chi connectivity index (χ3v) is 4.03. The maximum atomic E-state index is 11.7. The van der Waals surface area contributed by atoms with Gasteiger partial charge in [0.25, 0.3) is 0 Å². The van der Waals surface area contributed by atoms with E-state index >= 15 is 0 Å². The van der Waals surface area contributed by atoms with Gasteiger partial charge in [0.15, 0.2) is 0 Å². The third-order valence-electron chi connectivity index (χ3n) is 2.84. The Labute approximate surface area is 129 Å². The van der Waals surface area contributed by atoms with Gasteiger partial charge in [-0.05, 0) is 18.6 Å². The number of para-hydroxylation sites is 2. The number of urea groups is 1. The van der Waals surface area contributed by atoms with Crippen molar-refractivity contribution in [3.8, 4) is 0 Å². The second-order valence-electron chi connectivity index (χ2n) is 4.63. The number of nitrogens with zero attached hydrogens (tertiary/aromatic N) is 1. The molecular formula is C13H19N3O5S. The first-order valence-electron chi connectivity index (χ1n) is 6.51. The van der Waals surface area contributed by atoms with Crippen molar-refractivity contribution in [1.82, 2.24) is 5.32 Å². The van der Waals surface area contributed by atoms with Crippen LogP contribution in [0.25, 0.3) is 0 Å². The van der Waals surface area contributed by atoms with Gasteiger partial charge in [-0.1, -0.05) is 12.1 Å². The molecule has 0 aliphatic heterocycles. The van der Waals surface area contributed by atoms with Crippen molar-refractivity contribution in [1.29, 1.82) is 0 Å². The van der Waals surface area contributed by atoms with Crippen molar-refractivity contribution < 1.29 is 23.1 Å². The van der Waals surface area contributed by atoms with Crippen LogP contribution in [0.4, 0.5) is 16.2 Å². The molecule has 1 rings (SSSR count). The molecule has 0 spiro atoms. The Balaban J connectivity index is 2.70. The van der Waals surface area contributed by atoms with Gasteiger partial charge in [-0.15, -0.1) is 0 Å². The highest BCUT2D eigenvalue weighted by Gasteiger charge is 2.16. The second kappa shape index (κ2) is 7.64. The largest absolute Gasteiger partial charge is 0.481 e. The molecule has 3 N–H and O–H groups in total. The zero-order valence-electron chi connectivity index (χ0n) is 12.4. The Morgan fingerprint density at radius 2 is 1.91 bits per heavy atom. The second-order valence-corrected chi connectivity index (χ2v) is 6.64. The van der Waals surface area contributed by atoms with E-state index in [9.17, 15) is 18.0 Å². The number of aliphatic carboxylic acids is 1. The topological polar surface area (TPSA) is 116 Å². The van der Waals surface area contributed by atoms with Crippen molar-refractivity contribution in [2.24, 2.45) is 0 Å². The van der Waals surface area contributed by atoms with E-state index in [-0.39, 0.29) is 13.0 Å². The molecule has 9 heteroatoms. The Bertz CT molecular complexity index is 645. The summed E-state index contributed by atoms with van der Waals surface area (Å²) in [5, 5.41) is 13.6. The van der Waals surface area contributed by atoms with E-state index in [0.29, 0.717) is 17.8 Å². The first kappa shape index (κ1) is 17.8. The summed E-state index contributed by atoms with van der Waals surface area (Å²) in [5.41, 5.74) is 0.678. The number of rotatable bonds is 7. The normalized spacial score (nSPS) is 10.8. The Morgan fingerprint density at radius 3 is 2.50 bits per heavy atom. The van der Waals surface area contributed by atoms with E-state index in [0.717, 1.165) is 10.6 Å². The minimum Gasteiger partial charge on any atom is -0.481 e. The highest BCUT2D eigenvalue weighted by Crippen LogP contribution is 2.26. The fraction of sp³-hybridized carbons (Fsp3) is 0.385. The first-order valence-corrected chi connectivity index (χ1v) is 8.36. The maximum absolute atomic E-state index is 11.7. The van der Waals surface area contributed by atoms with Gasteiger partial charge in [0, 0.05) is 20.0 Å². The molecule has 0 bridgehead atoms. The van der Waals surface area contributed by atoms with E-state index in [1.54, 1.807) is 24.3 Å². The Kier molecular flexibility index (Phi) is 6.17. The molecule has 0 saturated heterocycles. The lowest BCUT2D eigenvalue weighted by Gasteiger charge is -2.20. The fourth-order valence-corrected chi connectivity index (χ4v) is 2.16. The zero-order chi connectivity index (χ0) is 16.8. The van der Waals surface area contributed by atoms with E-state index in [2.05, 4.69) is 10.6 Å².